The normalized spacial score (nSPS) is 17.4. The zero-order chi connectivity index (χ0) is 6.69. The fourth-order valence-electron chi connectivity index (χ4n) is 0.556. The van der Waals surface area contributed by atoms with Gasteiger partial charge in [0.05, 0.1) is 6.54 Å². The van der Waals surface area contributed by atoms with Crippen molar-refractivity contribution in [3.05, 3.63) is 12.3 Å². The molecule has 0 fully saturated rings. The molecular formula is C5H7N3O. The van der Waals surface area contributed by atoms with E-state index in [1.165, 1.54) is 5.01 Å². The van der Waals surface area contributed by atoms with Gasteiger partial charge in [-0.05, 0) is 6.08 Å². The highest BCUT2D eigenvalue weighted by Crippen LogP contribution is 1.91. The van der Waals surface area contributed by atoms with Gasteiger partial charge in [-0.3, -0.25) is 9.80 Å². The molecule has 0 spiro atoms. The monoisotopic (exact) mass is 125 g/mol. The molecule has 0 aromatic heterocycles. The second-order valence-electron chi connectivity index (χ2n) is 1.64. The fraction of sp³-hybridized carbons (Fsp3) is 0.200. The van der Waals surface area contributed by atoms with Gasteiger partial charge in [0, 0.05) is 6.20 Å². The Labute approximate surface area is 52.6 Å². The van der Waals surface area contributed by atoms with E-state index in [0.717, 1.165) is 0 Å². The van der Waals surface area contributed by atoms with Crippen LogP contribution in [0.4, 0.5) is 0 Å². The smallest absolute Gasteiger partial charge is 0.186 e. The lowest BCUT2D eigenvalue weighted by Crippen LogP contribution is -2.39. The Hall–Kier alpha value is -1.16. The Morgan fingerprint density at radius 1 is 1.89 bits per heavy atom. The number of hydrogen-bond acceptors (Lipinski definition) is 4. The predicted octanol–water partition coefficient (Wildman–Crippen LogP) is -0.713. The first kappa shape index (κ1) is 5.97. The van der Waals surface area contributed by atoms with E-state index >= 15 is 0 Å². The number of aldehydes is 1. The minimum atomic E-state index is 0.275. The summed E-state index contributed by atoms with van der Waals surface area (Å²) >= 11 is 0. The second-order valence-corrected chi connectivity index (χ2v) is 1.64. The average molecular weight is 125 g/mol. The van der Waals surface area contributed by atoms with E-state index in [1.807, 2.05) is 0 Å². The van der Waals surface area contributed by atoms with Crippen LogP contribution in [0.3, 0.4) is 0 Å². The molecule has 1 aliphatic heterocycles. The third-order valence-electron chi connectivity index (χ3n) is 1.01. The highest BCUT2D eigenvalue weighted by molar-refractivity contribution is 6.27. The molecule has 0 aromatic carbocycles. The number of rotatable bonds is 1. The summed E-state index contributed by atoms with van der Waals surface area (Å²) in [5, 5.41) is 1.28. The minimum absolute atomic E-state index is 0.275. The van der Waals surface area contributed by atoms with Crippen LogP contribution in [-0.4, -0.2) is 23.7 Å². The fourth-order valence-corrected chi connectivity index (χ4v) is 0.556. The van der Waals surface area contributed by atoms with Gasteiger partial charge in [0.2, 0.25) is 0 Å². The van der Waals surface area contributed by atoms with Gasteiger partial charge >= 0.3 is 0 Å². The van der Waals surface area contributed by atoms with Crippen molar-refractivity contribution < 1.29 is 4.79 Å². The summed E-state index contributed by atoms with van der Waals surface area (Å²) in [5.74, 6) is 5.59. The van der Waals surface area contributed by atoms with E-state index in [1.54, 1.807) is 12.3 Å². The molecule has 9 heavy (non-hydrogen) atoms. The number of hydrogen-bond donors (Lipinski definition) is 1. The van der Waals surface area contributed by atoms with Crippen LogP contribution in [0.5, 0.6) is 0 Å². The second kappa shape index (κ2) is 2.41. The van der Waals surface area contributed by atoms with Gasteiger partial charge < -0.3 is 0 Å². The minimum Gasteiger partial charge on any atom is -0.294 e. The van der Waals surface area contributed by atoms with Gasteiger partial charge in [-0.1, -0.05) is 0 Å². The summed E-state index contributed by atoms with van der Waals surface area (Å²) < 4.78 is 0. The lowest BCUT2D eigenvalue weighted by Gasteiger charge is -2.15. The Balaban J connectivity index is 2.74. The molecular weight excluding hydrogens is 118 g/mol. The van der Waals surface area contributed by atoms with E-state index in [4.69, 9.17) is 5.84 Å². The maximum absolute atomic E-state index is 10.1. The standard InChI is InChI=1S/C5H7N3O/c6-8-3-1-2-7-5(8)4-9/h1-2,4H,3,6H2. The molecule has 0 atom stereocenters. The number of carbonyl (C=O) groups excluding carboxylic acids is 1. The van der Waals surface area contributed by atoms with E-state index in [9.17, 15) is 4.79 Å². The zero-order valence-corrected chi connectivity index (χ0v) is 4.82. The maximum atomic E-state index is 10.1. The molecule has 1 heterocycles. The van der Waals surface area contributed by atoms with Crippen molar-refractivity contribution in [1.29, 1.82) is 0 Å². The number of amidine groups is 1. The molecule has 0 bridgehead atoms. The van der Waals surface area contributed by atoms with Gasteiger partial charge in [0.1, 0.15) is 0 Å². The third-order valence-corrected chi connectivity index (χ3v) is 1.01. The molecule has 0 saturated carbocycles. The Morgan fingerprint density at radius 2 is 2.67 bits per heavy atom. The van der Waals surface area contributed by atoms with Crippen molar-refractivity contribution in [2.75, 3.05) is 6.54 Å². The highest BCUT2D eigenvalue weighted by atomic mass is 16.1. The predicted molar refractivity (Wildman–Crippen MR) is 33.5 cm³/mol. The van der Waals surface area contributed by atoms with Gasteiger partial charge in [-0.2, -0.15) is 0 Å². The SMILES string of the molecule is NN1CC=CN=C1C=O. The first-order chi connectivity index (χ1) is 4.34. The Bertz CT molecular complexity index is 173. The van der Waals surface area contributed by atoms with Crippen molar-refractivity contribution >= 4 is 12.1 Å². The third kappa shape index (κ3) is 1.14. The van der Waals surface area contributed by atoms with Crippen molar-refractivity contribution in [3.8, 4) is 0 Å². The number of nitrogens with two attached hydrogens (primary N) is 1. The van der Waals surface area contributed by atoms with Crippen molar-refractivity contribution in [3.63, 3.8) is 0 Å². The largest absolute Gasteiger partial charge is 0.294 e. The van der Waals surface area contributed by atoms with Gasteiger partial charge in [0.25, 0.3) is 0 Å². The molecule has 1 rings (SSSR count). The lowest BCUT2D eigenvalue weighted by atomic mass is 10.5. The molecule has 0 saturated heterocycles. The maximum Gasteiger partial charge on any atom is 0.186 e. The number of nitrogens with zero attached hydrogens (tertiary/aromatic N) is 2. The van der Waals surface area contributed by atoms with E-state index in [2.05, 4.69) is 4.99 Å². The van der Waals surface area contributed by atoms with Gasteiger partial charge in [-0.15, -0.1) is 0 Å². The topological polar surface area (TPSA) is 58.7 Å². The van der Waals surface area contributed by atoms with Crippen LogP contribution in [0.1, 0.15) is 0 Å². The van der Waals surface area contributed by atoms with Crippen molar-refractivity contribution in [2.45, 2.75) is 0 Å². The number of carbonyl (C=O) groups is 1. The summed E-state index contributed by atoms with van der Waals surface area (Å²) in [6.07, 6.45) is 3.96. The molecule has 0 amide bonds. The molecule has 0 unspecified atom stereocenters. The summed E-state index contributed by atoms with van der Waals surface area (Å²) in [5.41, 5.74) is 0. The Morgan fingerprint density at radius 3 is 3.11 bits per heavy atom. The first-order valence-corrected chi connectivity index (χ1v) is 2.55. The zero-order valence-electron chi connectivity index (χ0n) is 4.82. The summed E-state index contributed by atoms with van der Waals surface area (Å²) in [7, 11) is 0. The Kier molecular flexibility index (Phi) is 1.60. The molecule has 0 radical (unpaired) electrons. The summed E-state index contributed by atoms with van der Waals surface area (Å²) in [6, 6.07) is 0. The summed E-state index contributed by atoms with van der Waals surface area (Å²) in [6.45, 7) is 0.553. The van der Waals surface area contributed by atoms with Crippen LogP contribution < -0.4 is 5.84 Å². The molecule has 4 heteroatoms. The van der Waals surface area contributed by atoms with Crippen LogP contribution in [-0.2, 0) is 4.79 Å². The molecule has 0 aliphatic carbocycles. The first-order valence-electron chi connectivity index (χ1n) is 2.55. The van der Waals surface area contributed by atoms with Crippen LogP contribution in [0, 0.1) is 0 Å². The molecule has 2 N–H and O–H groups in total. The number of hydrazine groups is 1. The van der Waals surface area contributed by atoms with Crippen LogP contribution in [0.25, 0.3) is 0 Å². The van der Waals surface area contributed by atoms with E-state index in [0.29, 0.717) is 12.8 Å². The van der Waals surface area contributed by atoms with Crippen molar-refractivity contribution in [2.24, 2.45) is 10.8 Å². The number of aliphatic imine (C=N–C) groups is 1. The average Bonchev–Trinajstić information content (AvgIpc) is 1.89. The van der Waals surface area contributed by atoms with Crippen molar-refractivity contribution in [1.82, 2.24) is 5.01 Å². The van der Waals surface area contributed by atoms with Gasteiger partial charge in [-0.25, -0.2) is 10.8 Å². The quantitative estimate of drug-likeness (QED) is 0.372. The molecule has 4 nitrogen and oxygen atoms in total. The molecule has 0 aromatic rings. The summed E-state index contributed by atoms with van der Waals surface area (Å²) in [4.78, 5) is 13.8. The van der Waals surface area contributed by atoms with Crippen LogP contribution in [0.15, 0.2) is 17.3 Å². The molecule has 48 valence electrons. The van der Waals surface area contributed by atoms with E-state index in [-0.39, 0.29) is 5.84 Å². The van der Waals surface area contributed by atoms with Gasteiger partial charge in [0.15, 0.2) is 12.1 Å². The molecule has 1 aliphatic rings. The lowest BCUT2D eigenvalue weighted by molar-refractivity contribution is -0.103. The van der Waals surface area contributed by atoms with E-state index < -0.39 is 0 Å². The van der Waals surface area contributed by atoms with Crippen LogP contribution >= 0.6 is 0 Å². The highest BCUT2D eigenvalue weighted by Gasteiger charge is 2.04. The van der Waals surface area contributed by atoms with Crippen LogP contribution in [0.2, 0.25) is 0 Å².